The van der Waals surface area contributed by atoms with Gasteiger partial charge in [0.05, 0.1) is 6.42 Å². The first-order valence-corrected chi connectivity index (χ1v) is 8.06. The SMILES string of the molecule is CC(C)(C)OC(=O)N1CC[C@H](NC(=O)Cc2ccsc2)C1. The van der Waals surface area contributed by atoms with Crippen LogP contribution in [-0.2, 0) is 16.0 Å². The van der Waals surface area contributed by atoms with E-state index in [0.717, 1.165) is 12.0 Å². The van der Waals surface area contributed by atoms with Crippen LogP contribution in [0.4, 0.5) is 4.79 Å². The molecule has 1 atom stereocenters. The topological polar surface area (TPSA) is 58.6 Å². The Hall–Kier alpha value is -1.56. The summed E-state index contributed by atoms with van der Waals surface area (Å²) >= 11 is 1.58. The standard InChI is InChI=1S/C15H22N2O3S/c1-15(2,3)20-14(19)17-6-4-12(9-17)16-13(18)8-11-5-7-21-10-11/h5,7,10,12H,4,6,8-9H2,1-3H3,(H,16,18)/t12-/m0/s1. The number of rotatable bonds is 3. The van der Waals surface area contributed by atoms with Gasteiger partial charge in [0.2, 0.25) is 5.91 Å². The molecule has 1 aromatic heterocycles. The average molecular weight is 310 g/mol. The molecule has 0 spiro atoms. The zero-order valence-corrected chi connectivity index (χ0v) is 13.5. The molecule has 1 aromatic rings. The van der Waals surface area contributed by atoms with Gasteiger partial charge in [0.1, 0.15) is 5.60 Å². The molecular formula is C15H22N2O3S. The van der Waals surface area contributed by atoms with Crippen LogP contribution in [0.25, 0.3) is 0 Å². The molecule has 6 heteroatoms. The van der Waals surface area contributed by atoms with Gasteiger partial charge in [-0.3, -0.25) is 4.79 Å². The molecule has 21 heavy (non-hydrogen) atoms. The second-order valence-corrected chi connectivity index (χ2v) is 7.07. The summed E-state index contributed by atoms with van der Waals surface area (Å²) in [6.07, 6.45) is 0.859. The van der Waals surface area contributed by atoms with E-state index >= 15 is 0 Å². The summed E-state index contributed by atoms with van der Waals surface area (Å²) in [5, 5.41) is 6.92. The number of hydrogen-bond donors (Lipinski definition) is 1. The predicted molar refractivity (Wildman–Crippen MR) is 82.4 cm³/mol. The molecule has 5 nitrogen and oxygen atoms in total. The third-order valence-corrected chi connectivity index (χ3v) is 3.88. The molecule has 1 aliphatic heterocycles. The first-order chi connectivity index (χ1) is 9.83. The highest BCUT2D eigenvalue weighted by atomic mass is 32.1. The number of amides is 2. The smallest absolute Gasteiger partial charge is 0.410 e. The van der Waals surface area contributed by atoms with E-state index in [4.69, 9.17) is 4.74 Å². The van der Waals surface area contributed by atoms with Crippen LogP contribution in [0, 0.1) is 0 Å². The van der Waals surface area contributed by atoms with Crippen LogP contribution in [0.5, 0.6) is 0 Å². The molecule has 0 aliphatic carbocycles. The van der Waals surface area contributed by atoms with Gasteiger partial charge in [-0.15, -0.1) is 0 Å². The number of likely N-dealkylation sites (tertiary alicyclic amines) is 1. The van der Waals surface area contributed by atoms with Crippen LogP contribution in [0.1, 0.15) is 32.8 Å². The fourth-order valence-electron chi connectivity index (χ4n) is 2.23. The average Bonchev–Trinajstić information content (AvgIpc) is 2.98. The molecule has 1 fully saturated rings. The first kappa shape index (κ1) is 15.8. The van der Waals surface area contributed by atoms with Crippen molar-refractivity contribution < 1.29 is 14.3 Å². The Labute approximate surface area is 129 Å². The van der Waals surface area contributed by atoms with E-state index in [1.807, 2.05) is 37.6 Å². The molecule has 116 valence electrons. The van der Waals surface area contributed by atoms with Gasteiger partial charge in [0.15, 0.2) is 0 Å². The molecule has 1 aliphatic rings. The maximum absolute atomic E-state index is 11.9. The van der Waals surface area contributed by atoms with Crippen LogP contribution in [0.3, 0.4) is 0 Å². The summed E-state index contributed by atoms with van der Waals surface area (Å²) in [5.74, 6) is 0.00411. The number of nitrogens with zero attached hydrogens (tertiary/aromatic N) is 1. The highest BCUT2D eigenvalue weighted by Gasteiger charge is 2.30. The van der Waals surface area contributed by atoms with Crippen molar-refractivity contribution in [1.29, 1.82) is 0 Å². The highest BCUT2D eigenvalue weighted by Crippen LogP contribution is 2.15. The van der Waals surface area contributed by atoms with Crippen LogP contribution >= 0.6 is 11.3 Å². The maximum atomic E-state index is 11.9. The van der Waals surface area contributed by atoms with E-state index < -0.39 is 5.60 Å². The molecule has 0 bridgehead atoms. The summed E-state index contributed by atoms with van der Waals surface area (Å²) in [6, 6.07) is 1.97. The summed E-state index contributed by atoms with van der Waals surface area (Å²) < 4.78 is 5.34. The predicted octanol–water partition coefficient (Wildman–Crippen LogP) is 2.42. The molecule has 2 rings (SSSR count). The monoisotopic (exact) mass is 310 g/mol. The molecule has 2 heterocycles. The largest absolute Gasteiger partial charge is 0.444 e. The van der Waals surface area contributed by atoms with Crippen LogP contribution in [0.2, 0.25) is 0 Å². The van der Waals surface area contributed by atoms with Crippen LogP contribution in [-0.4, -0.2) is 41.6 Å². The number of hydrogen-bond acceptors (Lipinski definition) is 4. The van der Waals surface area contributed by atoms with Crippen LogP contribution in [0.15, 0.2) is 16.8 Å². The van der Waals surface area contributed by atoms with Gasteiger partial charge in [-0.25, -0.2) is 4.79 Å². The first-order valence-electron chi connectivity index (χ1n) is 7.12. The van der Waals surface area contributed by atoms with E-state index in [-0.39, 0.29) is 18.0 Å². The summed E-state index contributed by atoms with van der Waals surface area (Å²) in [6.45, 7) is 6.69. The molecular weight excluding hydrogens is 288 g/mol. The number of carbonyl (C=O) groups is 2. The van der Waals surface area contributed by atoms with Gasteiger partial charge in [0.25, 0.3) is 0 Å². The van der Waals surface area contributed by atoms with Crippen molar-refractivity contribution in [3.05, 3.63) is 22.4 Å². The molecule has 0 aromatic carbocycles. The van der Waals surface area contributed by atoms with Crippen molar-refractivity contribution >= 4 is 23.3 Å². The van der Waals surface area contributed by atoms with Crippen molar-refractivity contribution in [2.75, 3.05) is 13.1 Å². The van der Waals surface area contributed by atoms with Crippen molar-refractivity contribution in [2.45, 2.75) is 45.3 Å². The maximum Gasteiger partial charge on any atom is 0.410 e. The second kappa shape index (κ2) is 6.47. The zero-order valence-electron chi connectivity index (χ0n) is 12.7. The van der Waals surface area contributed by atoms with Gasteiger partial charge in [0, 0.05) is 19.1 Å². The van der Waals surface area contributed by atoms with E-state index in [1.54, 1.807) is 16.2 Å². The quantitative estimate of drug-likeness (QED) is 0.933. The van der Waals surface area contributed by atoms with Gasteiger partial charge in [-0.2, -0.15) is 11.3 Å². The number of ether oxygens (including phenoxy) is 1. The Morgan fingerprint density at radius 2 is 2.24 bits per heavy atom. The van der Waals surface area contributed by atoms with Crippen molar-refractivity contribution in [3.8, 4) is 0 Å². The van der Waals surface area contributed by atoms with E-state index in [0.29, 0.717) is 19.5 Å². The van der Waals surface area contributed by atoms with Crippen LogP contribution < -0.4 is 5.32 Å². The highest BCUT2D eigenvalue weighted by molar-refractivity contribution is 7.07. The van der Waals surface area contributed by atoms with E-state index in [2.05, 4.69) is 5.32 Å². The lowest BCUT2D eigenvalue weighted by Gasteiger charge is -2.24. The lowest BCUT2D eigenvalue weighted by Crippen LogP contribution is -2.40. The fourth-order valence-corrected chi connectivity index (χ4v) is 2.90. The minimum Gasteiger partial charge on any atom is -0.444 e. The molecule has 1 N–H and O–H groups in total. The Bertz CT molecular complexity index is 494. The lowest BCUT2D eigenvalue weighted by molar-refractivity contribution is -0.121. The minimum absolute atomic E-state index is 0.00411. The van der Waals surface area contributed by atoms with E-state index in [9.17, 15) is 9.59 Å². The molecule has 2 amide bonds. The summed E-state index contributed by atoms with van der Waals surface area (Å²) in [7, 11) is 0. The summed E-state index contributed by atoms with van der Waals surface area (Å²) in [4.78, 5) is 25.5. The minimum atomic E-state index is -0.489. The second-order valence-electron chi connectivity index (χ2n) is 6.29. The molecule has 0 saturated carbocycles. The lowest BCUT2D eigenvalue weighted by atomic mass is 10.2. The summed E-state index contributed by atoms with van der Waals surface area (Å²) in [5.41, 5.74) is 0.539. The molecule has 0 unspecified atom stereocenters. The van der Waals surface area contributed by atoms with Crippen molar-refractivity contribution in [2.24, 2.45) is 0 Å². The van der Waals surface area contributed by atoms with E-state index in [1.165, 1.54) is 0 Å². The van der Waals surface area contributed by atoms with Gasteiger partial charge in [-0.05, 0) is 49.6 Å². The third kappa shape index (κ3) is 5.04. The Morgan fingerprint density at radius 1 is 1.48 bits per heavy atom. The fraction of sp³-hybridized carbons (Fsp3) is 0.600. The molecule has 0 radical (unpaired) electrons. The molecule has 1 saturated heterocycles. The third-order valence-electron chi connectivity index (χ3n) is 3.15. The number of carbonyl (C=O) groups excluding carboxylic acids is 2. The van der Waals surface area contributed by atoms with Crippen molar-refractivity contribution in [3.63, 3.8) is 0 Å². The van der Waals surface area contributed by atoms with Crippen molar-refractivity contribution in [1.82, 2.24) is 10.2 Å². The Balaban J connectivity index is 1.77. The zero-order chi connectivity index (χ0) is 15.5. The normalized spacial score (nSPS) is 18.6. The Morgan fingerprint density at radius 3 is 2.86 bits per heavy atom. The van der Waals surface area contributed by atoms with Gasteiger partial charge in [-0.1, -0.05) is 0 Å². The number of nitrogens with one attached hydrogen (secondary N) is 1. The van der Waals surface area contributed by atoms with Gasteiger partial charge >= 0.3 is 6.09 Å². The number of thiophene rings is 1. The Kier molecular flexibility index (Phi) is 4.88. The van der Waals surface area contributed by atoms with Gasteiger partial charge < -0.3 is 15.0 Å².